The Hall–Kier alpha value is -0.660. The molecule has 0 amide bonds. The maximum atomic E-state index is 11.3. The van der Waals surface area contributed by atoms with Crippen LogP contribution in [0.25, 0.3) is 0 Å². The molecular formula is C12H23NO5S. The third-order valence-electron chi connectivity index (χ3n) is 3.75. The summed E-state index contributed by atoms with van der Waals surface area (Å²) in [6.07, 6.45) is 1.83. The lowest BCUT2D eigenvalue weighted by molar-refractivity contribution is -0.144. The lowest BCUT2D eigenvalue weighted by Crippen LogP contribution is -2.45. The maximum absolute atomic E-state index is 11.3. The molecule has 0 spiro atoms. The van der Waals surface area contributed by atoms with Crippen LogP contribution in [0.15, 0.2) is 0 Å². The average molecular weight is 293 g/mol. The van der Waals surface area contributed by atoms with Gasteiger partial charge < -0.3 is 15.5 Å². The Labute approximate surface area is 114 Å². The molecule has 19 heavy (non-hydrogen) atoms. The summed E-state index contributed by atoms with van der Waals surface area (Å²) in [5, 5.41) is 22.1. The second-order valence-corrected chi connectivity index (χ2v) is 7.72. The van der Waals surface area contributed by atoms with Gasteiger partial charge in [0.15, 0.2) is 9.84 Å². The molecule has 1 rings (SSSR count). The fourth-order valence-electron chi connectivity index (χ4n) is 2.27. The summed E-state index contributed by atoms with van der Waals surface area (Å²) in [5.41, 5.74) is -0.901. The normalized spacial score (nSPS) is 28.2. The molecule has 1 aliphatic rings. The number of carboxylic acid groups (broad SMARTS) is 1. The van der Waals surface area contributed by atoms with Crippen molar-refractivity contribution in [3.05, 3.63) is 0 Å². The molecule has 6 nitrogen and oxygen atoms in total. The fourth-order valence-corrected chi connectivity index (χ4v) is 3.02. The predicted octanol–water partition coefficient (Wildman–Crippen LogP) is 0.0166. The summed E-state index contributed by atoms with van der Waals surface area (Å²) in [6.45, 7) is 2.25. The first kappa shape index (κ1) is 16.4. The summed E-state index contributed by atoms with van der Waals surface area (Å²) in [5.74, 6) is -0.971. The highest BCUT2D eigenvalue weighted by molar-refractivity contribution is 7.91. The summed E-state index contributed by atoms with van der Waals surface area (Å²) >= 11 is 0. The number of hydrogen-bond donors (Lipinski definition) is 3. The SMILES string of the molecule is CCS(=O)(=O)CCNCC1(O)CCC(C(=O)O)CC1. The predicted molar refractivity (Wildman–Crippen MR) is 71.7 cm³/mol. The van der Waals surface area contributed by atoms with Crippen molar-refractivity contribution in [2.45, 2.75) is 38.2 Å². The molecule has 0 aromatic carbocycles. The molecule has 0 unspecified atom stereocenters. The molecule has 0 bridgehead atoms. The number of rotatable bonds is 7. The maximum Gasteiger partial charge on any atom is 0.306 e. The molecule has 0 saturated heterocycles. The van der Waals surface area contributed by atoms with Gasteiger partial charge in [0.1, 0.15) is 0 Å². The Balaban J connectivity index is 2.28. The molecule has 1 fully saturated rings. The fraction of sp³-hybridized carbons (Fsp3) is 0.917. The highest BCUT2D eigenvalue weighted by Crippen LogP contribution is 2.31. The molecule has 7 heteroatoms. The molecule has 0 heterocycles. The summed E-state index contributed by atoms with van der Waals surface area (Å²) < 4.78 is 22.6. The van der Waals surface area contributed by atoms with E-state index in [1.807, 2.05) is 0 Å². The van der Waals surface area contributed by atoms with Crippen LogP contribution in [0.3, 0.4) is 0 Å². The van der Waals surface area contributed by atoms with E-state index in [1.54, 1.807) is 6.92 Å². The zero-order valence-corrected chi connectivity index (χ0v) is 12.1. The first-order chi connectivity index (χ1) is 8.78. The third kappa shape index (κ3) is 5.46. The lowest BCUT2D eigenvalue weighted by atomic mass is 9.79. The first-order valence-electron chi connectivity index (χ1n) is 6.64. The monoisotopic (exact) mass is 293 g/mol. The van der Waals surface area contributed by atoms with E-state index in [0.717, 1.165) is 0 Å². The minimum atomic E-state index is -2.98. The van der Waals surface area contributed by atoms with Gasteiger partial charge in [-0.05, 0) is 25.7 Å². The Morgan fingerprint density at radius 3 is 2.42 bits per heavy atom. The van der Waals surface area contributed by atoms with Gasteiger partial charge in [-0.15, -0.1) is 0 Å². The van der Waals surface area contributed by atoms with Gasteiger partial charge >= 0.3 is 5.97 Å². The highest BCUT2D eigenvalue weighted by Gasteiger charge is 2.35. The zero-order valence-electron chi connectivity index (χ0n) is 11.3. The van der Waals surface area contributed by atoms with Crippen LogP contribution in [0.4, 0.5) is 0 Å². The van der Waals surface area contributed by atoms with Crippen molar-refractivity contribution in [1.29, 1.82) is 0 Å². The molecule has 112 valence electrons. The standard InChI is InChI=1S/C12H23NO5S/c1-2-19(17,18)8-7-13-9-12(16)5-3-10(4-6-12)11(14)15/h10,13,16H,2-9H2,1H3,(H,14,15). The molecule has 1 aliphatic carbocycles. The lowest BCUT2D eigenvalue weighted by Gasteiger charge is -2.34. The van der Waals surface area contributed by atoms with Gasteiger partial charge in [0, 0.05) is 18.8 Å². The van der Waals surface area contributed by atoms with Crippen molar-refractivity contribution >= 4 is 15.8 Å². The van der Waals surface area contributed by atoms with Crippen molar-refractivity contribution in [2.75, 3.05) is 24.6 Å². The molecule has 0 aliphatic heterocycles. The van der Waals surface area contributed by atoms with E-state index in [9.17, 15) is 18.3 Å². The Morgan fingerprint density at radius 2 is 1.95 bits per heavy atom. The van der Waals surface area contributed by atoms with E-state index in [2.05, 4.69) is 5.32 Å². The van der Waals surface area contributed by atoms with E-state index in [0.29, 0.717) is 38.8 Å². The van der Waals surface area contributed by atoms with Gasteiger partial charge in [0.2, 0.25) is 0 Å². The smallest absolute Gasteiger partial charge is 0.306 e. The topological polar surface area (TPSA) is 104 Å². The number of aliphatic carboxylic acids is 1. The number of carbonyl (C=O) groups is 1. The summed E-state index contributed by atoms with van der Waals surface area (Å²) in [7, 11) is -2.98. The van der Waals surface area contributed by atoms with E-state index in [1.165, 1.54) is 0 Å². The van der Waals surface area contributed by atoms with Crippen molar-refractivity contribution in [3.63, 3.8) is 0 Å². The number of hydrogen-bond acceptors (Lipinski definition) is 5. The van der Waals surface area contributed by atoms with Crippen LogP contribution in [0.5, 0.6) is 0 Å². The molecule has 3 N–H and O–H groups in total. The van der Waals surface area contributed by atoms with E-state index >= 15 is 0 Å². The van der Waals surface area contributed by atoms with Crippen LogP contribution < -0.4 is 5.32 Å². The number of sulfone groups is 1. The second-order valence-electron chi connectivity index (χ2n) is 5.25. The van der Waals surface area contributed by atoms with Gasteiger partial charge in [-0.1, -0.05) is 6.92 Å². The first-order valence-corrected chi connectivity index (χ1v) is 8.46. The van der Waals surface area contributed by atoms with Crippen molar-refractivity contribution < 1.29 is 23.4 Å². The van der Waals surface area contributed by atoms with Gasteiger partial charge in [0.25, 0.3) is 0 Å². The average Bonchev–Trinajstić information content (AvgIpc) is 2.35. The van der Waals surface area contributed by atoms with Crippen molar-refractivity contribution in [2.24, 2.45) is 5.92 Å². The molecule has 1 saturated carbocycles. The van der Waals surface area contributed by atoms with E-state index in [4.69, 9.17) is 5.11 Å². The summed E-state index contributed by atoms with van der Waals surface area (Å²) in [4.78, 5) is 10.8. The van der Waals surface area contributed by atoms with Crippen molar-refractivity contribution in [1.82, 2.24) is 5.32 Å². The summed E-state index contributed by atoms with van der Waals surface area (Å²) in [6, 6.07) is 0. The van der Waals surface area contributed by atoms with Gasteiger partial charge in [-0.2, -0.15) is 0 Å². The minimum Gasteiger partial charge on any atom is -0.481 e. The van der Waals surface area contributed by atoms with E-state index < -0.39 is 21.4 Å². The van der Waals surface area contributed by atoms with Crippen molar-refractivity contribution in [3.8, 4) is 0 Å². The van der Waals surface area contributed by atoms with Gasteiger partial charge in [-0.3, -0.25) is 4.79 Å². The zero-order chi connectivity index (χ0) is 14.5. The van der Waals surface area contributed by atoms with Crippen LogP contribution in [-0.4, -0.2) is 54.8 Å². The molecule has 0 aromatic rings. The highest BCUT2D eigenvalue weighted by atomic mass is 32.2. The number of carboxylic acids is 1. The Morgan fingerprint density at radius 1 is 1.37 bits per heavy atom. The molecule has 0 radical (unpaired) electrons. The Kier molecular flexibility index (Phi) is 5.76. The van der Waals surface area contributed by atoms with Crippen LogP contribution in [0.1, 0.15) is 32.6 Å². The second kappa shape index (κ2) is 6.67. The number of aliphatic hydroxyl groups is 1. The van der Waals surface area contributed by atoms with Crippen LogP contribution in [-0.2, 0) is 14.6 Å². The van der Waals surface area contributed by atoms with Gasteiger partial charge in [0.05, 0.1) is 17.3 Å². The van der Waals surface area contributed by atoms with Crippen LogP contribution in [0.2, 0.25) is 0 Å². The Bertz CT molecular complexity index is 398. The largest absolute Gasteiger partial charge is 0.481 e. The third-order valence-corrected chi connectivity index (χ3v) is 5.46. The van der Waals surface area contributed by atoms with Gasteiger partial charge in [-0.25, -0.2) is 8.42 Å². The molecule has 0 aromatic heterocycles. The minimum absolute atomic E-state index is 0.0668. The molecule has 0 atom stereocenters. The van der Waals surface area contributed by atoms with Crippen LogP contribution in [0, 0.1) is 5.92 Å². The number of nitrogens with one attached hydrogen (secondary N) is 1. The molecular weight excluding hydrogens is 270 g/mol. The quantitative estimate of drug-likeness (QED) is 0.572. The van der Waals surface area contributed by atoms with Crippen LogP contribution >= 0.6 is 0 Å². The van der Waals surface area contributed by atoms with E-state index in [-0.39, 0.29) is 17.4 Å².